The van der Waals surface area contributed by atoms with Gasteiger partial charge in [0.1, 0.15) is 34.6 Å². The van der Waals surface area contributed by atoms with Gasteiger partial charge in [-0.3, -0.25) is 14.5 Å². The molecule has 0 saturated carbocycles. The molecule has 2 amide bonds. The third kappa shape index (κ3) is 7.15. The summed E-state index contributed by atoms with van der Waals surface area (Å²) in [4.78, 5) is 26.4. The minimum atomic E-state index is -0.921. The molecule has 0 fully saturated rings. The van der Waals surface area contributed by atoms with Gasteiger partial charge in [-0.15, -0.1) is 0 Å². The molecule has 0 bridgehead atoms. The van der Waals surface area contributed by atoms with E-state index in [9.17, 15) is 27.2 Å². The monoisotopic (exact) mass is 463 g/mol. The Morgan fingerprint density at radius 2 is 1.27 bits per heavy atom. The second-order valence-electron chi connectivity index (χ2n) is 7.86. The second-order valence-corrected chi connectivity index (χ2v) is 7.86. The van der Waals surface area contributed by atoms with E-state index in [2.05, 4.69) is 16.7 Å². The Balaban J connectivity index is 1.67. The van der Waals surface area contributed by atoms with E-state index >= 15 is 0 Å². The fraction of sp³-hybridized carbons (Fsp3) is 0.333. The third-order valence-corrected chi connectivity index (χ3v) is 5.32. The first-order chi connectivity index (χ1) is 15.8. The van der Waals surface area contributed by atoms with Crippen molar-refractivity contribution < 1.29 is 27.2 Å². The van der Waals surface area contributed by atoms with Gasteiger partial charge in [0.15, 0.2) is 0 Å². The van der Waals surface area contributed by atoms with Gasteiger partial charge in [-0.25, -0.2) is 17.6 Å². The molecule has 2 aromatic rings. The fourth-order valence-corrected chi connectivity index (χ4v) is 3.65. The predicted octanol–water partition coefficient (Wildman–Crippen LogP) is 5.01. The number of benzene rings is 2. The van der Waals surface area contributed by atoms with Gasteiger partial charge in [0, 0.05) is 6.54 Å². The fourth-order valence-electron chi connectivity index (χ4n) is 3.65. The summed E-state index contributed by atoms with van der Waals surface area (Å²) in [6.45, 7) is -0.366. The first-order valence-electron chi connectivity index (χ1n) is 10.7. The maximum atomic E-state index is 13.9. The molecule has 2 N–H and O–H groups in total. The number of nitrogens with zero attached hydrogens (tertiary/aromatic N) is 1. The van der Waals surface area contributed by atoms with Gasteiger partial charge >= 0.3 is 0 Å². The molecule has 0 aromatic heterocycles. The zero-order chi connectivity index (χ0) is 23.8. The maximum absolute atomic E-state index is 13.9. The molecule has 0 radical (unpaired) electrons. The van der Waals surface area contributed by atoms with Crippen LogP contribution in [0.1, 0.15) is 32.1 Å². The Labute approximate surface area is 189 Å². The average Bonchev–Trinajstić information content (AvgIpc) is 2.78. The van der Waals surface area contributed by atoms with Crippen LogP contribution in [0.5, 0.6) is 0 Å². The Hall–Kier alpha value is -3.20. The lowest BCUT2D eigenvalue weighted by molar-refractivity contribution is -0.120. The minimum Gasteiger partial charge on any atom is -0.320 e. The highest BCUT2D eigenvalue weighted by molar-refractivity contribution is 5.95. The summed E-state index contributed by atoms with van der Waals surface area (Å²) in [6.07, 6.45) is 6.79. The van der Waals surface area contributed by atoms with Crippen molar-refractivity contribution in [3.63, 3.8) is 0 Å². The van der Waals surface area contributed by atoms with Gasteiger partial charge in [-0.1, -0.05) is 23.8 Å². The van der Waals surface area contributed by atoms with Gasteiger partial charge in [0.25, 0.3) is 0 Å². The lowest BCUT2D eigenvalue weighted by Gasteiger charge is -2.23. The molecule has 176 valence electrons. The number of hydrogen-bond donors (Lipinski definition) is 2. The Morgan fingerprint density at radius 1 is 0.788 bits per heavy atom. The number of allylic oxidation sites excluding steroid dienone is 1. The van der Waals surface area contributed by atoms with Crippen LogP contribution in [0.15, 0.2) is 48.0 Å². The van der Waals surface area contributed by atoms with Gasteiger partial charge < -0.3 is 10.6 Å². The van der Waals surface area contributed by atoms with Crippen LogP contribution in [-0.2, 0) is 9.59 Å². The molecule has 0 aliphatic heterocycles. The van der Waals surface area contributed by atoms with E-state index in [1.54, 1.807) is 0 Å². The van der Waals surface area contributed by atoms with Crippen LogP contribution in [0.2, 0.25) is 0 Å². The Morgan fingerprint density at radius 3 is 1.70 bits per heavy atom. The second kappa shape index (κ2) is 11.6. The molecule has 3 rings (SSSR count). The van der Waals surface area contributed by atoms with Crippen molar-refractivity contribution in [3.8, 4) is 0 Å². The van der Waals surface area contributed by atoms with E-state index in [1.807, 2.05) is 0 Å². The zero-order valence-electron chi connectivity index (χ0n) is 18.0. The van der Waals surface area contributed by atoms with Crippen LogP contribution in [0.4, 0.5) is 28.9 Å². The number of amides is 2. The molecule has 0 spiro atoms. The molecule has 0 atom stereocenters. The van der Waals surface area contributed by atoms with Crippen LogP contribution in [0.3, 0.4) is 0 Å². The molecule has 0 saturated heterocycles. The van der Waals surface area contributed by atoms with E-state index in [0.717, 1.165) is 49.9 Å². The topological polar surface area (TPSA) is 61.4 Å². The summed E-state index contributed by atoms with van der Waals surface area (Å²) in [5.74, 6) is -5.13. The highest BCUT2D eigenvalue weighted by atomic mass is 19.1. The number of anilines is 2. The largest absolute Gasteiger partial charge is 0.320 e. The number of halogens is 4. The summed E-state index contributed by atoms with van der Waals surface area (Å²) in [5.41, 5.74) is 0.0537. The molecule has 9 heteroatoms. The first-order valence-corrected chi connectivity index (χ1v) is 10.7. The smallest absolute Gasteiger partial charge is 0.238 e. The lowest BCUT2D eigenvalue weighted by Crippen LogP contribution is -2.40. The minimum absolute atomic E-state index is 0.312. The number of carbonyl (C=O) groups excluding carboxylic acids is 2. The summed E-state index contributed by atoms with van der Waals surface area (Å²) in [6, 6.07) is 6.42. The molecule has 5 nitrogen and oxygen atoms in total. The van der Waals surface area contributed by atoms with Crippen LogP contribution in [-0.4, -0.2) is 36.3 Å². The highest BCUT2D eigenvalue weighted by Gasteiger charge is 2.20. The molecule has 0 unspecified atom stereocenters. The van der Waals surface area contributed by atoms with Crippen molar-refractivity contribution in [2.45, 2.75) is 32.1 Å². The van der Waals surface area contributed by atoms with Crippen molar-refractivity contribution in [2.24, 2.45) is 0 Å². The van der Waals surface area contributed by atoms with Crippen molar-refractivity contribution >= 4 is 23.2 Å². The van der Waals surface area contributed by atoms with Crippen molar-refractivity contribution in [1.29, 1.82) is 0 Å². The third-order valence-electron chi connectivity index (χ3n) is 5.32. The van der Waals surface area contributed by atoms with Crippen molar-refractivity contribution in [3.05, 3.63) is 71.3 Å². The highest BCUT2D eigenvalue weighted by Crippen LogP contribution is 2.21. The van der Waals surface area contributed by atoms with Crippen molar-refractivity contribution in [1.82, 2.24) is 4.90 Å². The molecule has 1 aliphatic carbocycles. The van der Waals surface area contributed by atoms with Gasteiger partial charge in [-0.2, -0.15) is 0 Å². The van der Waals surface area contributed by atoms with Crippen LogP contribution in [0.25, 0.3) is 0 Å². The van der Waals surface area contributed by atoms with Crippen molar-refractivity contribution in [2.75, 3.05) is 30.3 Å². The quantitative estimate of drug-likeness (QED) is 0.406. The van der Waals surface area contributed by atoms with E-state index in [0.29, 0.717) is 13.0 Å². The Kier molecular flexibility index (Phi) is 8.59. The number of nitrogens with one attached hydrogen (secondary N) is 2. The van der Waals surface area contributed by atoms with Crippen LogP contribution >= 0.6 is 0 Å². The SMILES string of the molecule is O=C(CN(CCC1=CCCCC1)CC(=O)Nc1c(F)cccc1F)Nc1c(F)cccc1F. The molecular weight excluding hydrogens is 438 g/mol. The van der Waals surface area contributed by atoms with Crippen LogP contribution in [0, 0.1) is 23.3 Å². The van der Waals surface area contributed by atoms with Gasteiger partial charge in [0.2, 0.25) is 11.8 Å². The van der Waals surface area contributed by atoms with E-state index in [-0.39, 0.29) is 13.1 Å². The molecular formula is C24H25F4N3O2. The Bertz CT molecular complexity index is 934. The number of rotatable bonds is 9. The van der Waals surface area contributed by atoms with E-state index in [4.69, 9.17) is 0 Å². The van der Waals surface area contributed by atoms with E-state index in [1.165, 1.54) is 22.6 Å². The standard InChI is InChI=1S/C24H25F4N3O2/c25-17-8-4-9-18(26)23(17)29-21(32)14-31(13-12-16-6-2-1-3-7-16)15-22(33)30-24-19(27)10-5-11-20(24)28/h4-6,8-11H,1-3,7,12-15H2,(H,29,32)(H,30,33). The van der Waals surface area contributed by atoms with Crippen LogP contribution < -0.4 is 10.6 Å². The molecule has 0 heterocycles. The number of carbonyl (C=O) groups is 2. The summed E-state index contributed by atoms with van der Waals surface area (Å²) >= 11 is 0. The molecule has 2 aromatic carbocycles. The predicted molar refractivity (Wildman–Crippen MR) is 118 cm³/mol. The average molecular weight is 463 g/mol. The van der Waals surface area contributed by atoms with E-state index < -0.39 is 46.5 Å². The summed E-state index contributed by atoms with van der Waals surface area (Å²) in [7, 11) is 0. The van der Waals surface area contributed by atoms with Gasteiger partial charge in [0.05, 0.1) is 13.1 Å². The number of hydrogen-bond acceptors (Lipinski definition) is 3. The lowest BCUT2D eigenvalue weighted by atomic mass is 9.97. The summed E-state index contributed by atoms with van der Waals surface area (Å²) in [5, 5.41) is 4.38. The summed E-state index contributed by atoms with van der Waals surface area (Å²) < 4.78 is 55.4. The normalized spacial score (nSPS) is 13.5. The van der Waals surface area contributed by atoms with Gasteiger partial charge in [-0.05, 0) is 56.4 Å². The molecule has 1 aliphatic rings. The molecule has 33 heavy (non-hydrogen) atoms. The zero-order valence-corrected chi connectivity index (χ0v) is 18.0. The number of para-hydroxylation sites is 2. The maximum Gasteiger partial charge on any atom is 0.238 e. The first kappa shape index (κ1) is 24.4.